The highest BCUT2D eigenvalue weighted by atomic mass is 19.1. The van der Waals surface area contributed by atoms with Gasteiger partial charge in [-0.1, -0.05) is 37.8 Å². The molecule has 5 nitrogen and oxygen atoms in total. The predicted octanol–water partition coefficient (Wildman–Crippen LogP) is 5.61. The second-order valence-corrected chi connectivity index (χ2v) is 9.07. The Kier molecular flexibility index (Phi) is 6.26. The molecule has 6 rings (SSSR count). The first-order chi connectivity index (χ1) is 16.7. The van der Waals surface area contributed by atoms with E-state index in [0.29, 0.717) is 6.61 Å². The number of rotatable bonds is 5. The maximum absolute atomic E-state index is 14.1. The second kappa shape index (κ2) is 9.36. The van der Waals surface area contributed by atoms with Gasteiger partial charge in [0.05, 0.1) is 12.6 Å². The fourth-order valence-electron chi connectivity index (χ4n) is 5.60. The van der Waals surface area contributed by atoms with E-state index in [1.54, 1.807) is 19.2 Å². The van der Waals surface area contributed by atoms with Crippen LogP contribution in [-0.2, 0) is 32.7 Å². The molecule has 0 saturated heterocycles. The summed E-state index contributed by atoms with van der Waals surface area (Å²) in [5.74, 6) is 1.24. The third-order valence-corrected chi connectivity index (χ3v) is 7.27. The summed E-state index contributed by atoms with van der Waals surface area (Å²) < 4.78 is 27.9. The third kappa shape index (κ3) is 3.97. The Labute approximate surface area is 205 Å². The number of hydrogen-bond donors (Lipinski definition) is 1. The van der Waals surface area contributed by atoms with Gasteiger partial charge in [-0.25, -0.2) is 4.39 Å². The van der Waals surface area contributed by atoms with E-state index in [0.717, 1.165) is 65.2 Å². The first kappa shape index (κ1) is 23.4. The summed E-state index contributed by atoms with van der Waals surface area (Å²) in [7, 11) is 1.67. The summed E-state index contributed by atoms with van der Waals surface area (Å²) in [6.07, 6.45) is 1.68. The van der Waals surface area contributed by atoms with Gasteiger partial charge >= 0.3 is 0 Å². The lowest BCUT2D eigenvalue weighted by atomic mass is 9.85. The largest absolute Gasteiger partial charge is 0.493 e. The van der Waals surface area contributed by atoms with Gasteiger partial charge in [0.25, 0.3) is 0 Å². The Balaban J connectivity index is 0.00000253. The zero-order chi connectivity index (χ0) is 23.2. The molecule has 2 aliphatic rings. The van der Waals surface area contributed by atoms with Gasteiger partial charge in [-0.3, -0.25) is 4.90 Å². The molecule has 35 heavy (non-hydrogen) atoms. The van der Waals surface area contributed by atoms with E-state index in [9.17, 15) is 9.50 Å². The molecule has 1 unspecified atom stereocenters. The Bertz CT molecular complexity index is 1370. The molecule has 0 bridgehead atoms. The molecule has 0 radical (unpaired) electrons. The molecule has 0 aliphatic carbocycles. The topological polar surface area (TPSA) is 46.9 Å². The summed E-state index contributed by atoms with van der Waals surface area (Å²) >= 11 is 0. The highest BCUT2D eigenvalue weighted by molar-refractivity contribution is 5.86. The molecule has 3 heterocycles. The fourth-order valence-corrected chi connectivity index (χ4v) is 5.60. The molecule has 1 atom stereocenters. The quantitative estimate of drug-likeness (QED) is 0.409. The SMILES string of the molecule is C.COc1cc2c(cc1OCc1ccccc1)CCN1Cc3c(c4cc(F)ccc4n3CO)CC21. The number of methoxy groups -OCH3 is 1. The minimum absolute atomic E-state index is 0. The monoisotopic (exact) mass is 474 g/mol. The average Bonchev–Trinajstić information content (AvgIpc) is 3.17. The van der Waals surface area contributed by atoms with Crippen molar-refractivity contribution in [2.75, 3.05) is 13.7 Å². The van der Waals surface area contributed by atoms with Crippen LogP contribution >= 0.6 is 0 Å². The maximum Gasteiger partial charge on any atom is 0.161 e. The third-order valence-electron chi connectivity index (χ3n) is 7.27. The van der Waals surface area contributed by atoms with Gasteiger partial charge in [0, 0.05) is 30.2 Å². The highest BCUT2D eigenvalue weighted by Gasteiger charge is 2.36. The van der Waals surface area contributed by atoms with Gasteiger partial charge < -0.3 is 19.1 Å². The number of fused-ring (bicyclic) bond motifs is 6. The van der Waals surface area contributed by atoms with E-state index in [1.807, 2.05) is 34.9 Å². The summed E-state index contributed by atoms with van der Waals surface area (Å²) in [6.45, 7) is 2.03. The van der Waals surface area contributed by atoms with Crippen LogP contribution in [0.25, 0.3) is 10.9 Å². The molecular weight excluding hydrogens is 443 g/mol. The van der Waals surface area contributed by atoms with Gasteiger partial charge in [-0.15, -0.1) is 0 Å². The molecule has 0 fully saturated rings. The molecule has 1 aromatic heterocycles. The first-order valence-electron chi connectivity index (χ1n) is 11.7. The van der Waals surface area contributed by atoms with Crippen LogP contribution < -0.4 is 9.47 Å². The molecule has 6 heteroatoms. The Hall–Kier alpha value is -3.35. The van der Waals surface area contributed by atoms with Crippen molar-refractivity contribution in [1.82, 2.24) is 9.47 Å². The van der Waals surface area contributed by atoms with Gasteiger partial charge in [0.2, 0.25) is 0 Å². The van der Waals surface area contributed by atoms with Gasteiger partial charge in [0.15, 0.2) is 11.5 Å². The van der Waals surface area contributed by atoms with Crippen LogP contribution in [0, 0.1) is 5.82 Å². The molecular formula is C29H31FN2O3. The molecule has 1 N–H and O–H groups in total. The molecule has 3 aromatic carbocycles. The Morgan fingerprint density at radius 3 is 2.66 bits per heavy atom. The summed E-state index contributed by atoms with van der Waals surface area (Å²) in [6, 6.07) is 19.4. The standard InChI is InChI=1S/C28H27FN2O3.CH4/c1-33-27-14-21-19(11-28(27)34-16-18-5-3-2-4-6-18)9-10-30-15-26-23(13-25(21)30)22-12-20(29)7-8-24(22)31(26)17-32;/h2-8,11-12,14,25,32H,9-10,13,15-17H2,1H3;1H4. The lowest BCUT2D eigenvalue weighted by Crippen LogP contribution is -2.39. The van der Waals surface area contributed by atoms with Crippen molar-refractivity contribution in [3.05, 3.63) is 94.4 Å². The lowest BCUT2D eigenvalue weighted by Gasteiger charge is -2.41. The number of benzene rings is 3. The van der Waals surface area contributed by atoms with Crippen molar-refractivity contribution in [2.45, 2.75) is 46.2 Å². The van der Waals surface area contributed by atoms with E-state index in [1.165, 1.54) is 17.2 Å². The van der Waals surface area contributed by atoms with E-state index in [-0.39, 0.29) is 26.0 Å². The molecule has 182 valence electrons. The summed E-state index contributed by atoms with van der Waals surface area (Å²) in [4.78, 5) is 2.45. The van der Waals surface area contributed by atoms with Crippen molar-refractivity contribution in [1.29, 1.82) is 0 Å². The van der Waals surface area contributed by atoms with Crippen molar-refractivity contribution in [3.8, 4) is 11.5 Å². The molecule has 2 aliphatic heterocycles. The normalized spacial score (nSPS) is 16.7. The van der Waals surface area contributed by atoms with Crippen LogP contribution in [0.4, 0.5) is 4.39 Å². The molecule has 0 spiro atoms. The van der Waals surface area contributed by atoms with Gasteiger partial charge in [-0.2, -0.15) is 0 Å². The van der Waals surface area contributed by atoms with Crippen LogP contribution in [0.3, 0.4) is 0 Å². The molecule has 0 saturated carbocycles. The minimum atomic E-state index is -0.251. The lowest BCUT2D eigenvalue weighted by molar-refractivity contribution is 0.145. The number of aliphatic hydroxyl groups is 1. The number of ether oxygens (including phenoxy) is 2. The number of hydrogen-bond acceptors (Lipinski definition) is 4. The Morgan fingerprint density at radius 2 is 1.89 bits per heavy atom. The highest BCUT2D eigenvalue weighted by Crippen LogP contribution is 2.44. The van der Waals surface area contributed by atoms with E-state index < -0.39 is 0 Å². The first-order valence-corrected chi connectivity index (χ1v) is 11.7. The maximum atomic E-state index is 14.1. The predicted molar refractivity (Wildman–Crippen MR) is 135 cm³/mol. The number of nitrogens with zero attached hydrogens (tertiary/aromatic N) is 2. The van der Waals surface area contributed by atoms with Crippen molar-refractivity contribution in [3.63, 3.8) is 0 Å². The van der Waals surface area contributed by atoms with Gasteiger partial charge in [0.1, 0.15) is 19.2 Å². The van der Waals surface area contributed by atoms with Crippen molar-refractivity contribution in [2.24, 2.45) is 0 Å². The van der Waals surface area contributed by atoms with Crippen LogP contribution in [0.1, 0.15) is 41.4 Å². The molecule has 4 aromatic rings. The van der Waals surface area contributed by atoms with E-state index >= 15 is 0 Å². The van der Waals surface area contributed by atoms with Crippen molar-refractivity contribution >= 4 is 10.9 Å². The zero-order valence-electron chi connectivity index (χ0n) is 19.1. The van der Waals surface area contributed by atoms with Crippen molar-refractivity contribution < 1.29 is 19.0 Å². The smallest absolute Gasteiger partial charge is 0.161 e. The zero-order valence-corrected chi connectivity index (χ0v) is 19.1. The van der Waals surface area contributed by atoms with Crippen LogP contribution in [0.5, 0.6) is 11.5 Å². The van der Waals surface area contributed by atoms with Crippen LogP contribution in [0.15, 0.2) is 60.7 Å². The van der Waals surface area contributed by atoms with Crippen LogP contribution in [-0.4, -0.2) is 28.2 Å². The molecule has 0 amide bonds. The van der Waals surface area contributed by atoms with E-state index in [2.05, 4.69) is 17.0 Å². The van der Waals surface area contributed by atoms with Crippen LogP contribution in [0.2, 0.25) is 0 Å². The van der Waals surface area contributed by atoms with Gasteiger partial charge in [-0.05, 0) is 65.4 Å². The number of aromatic nitrogens is 1. The second-order valence-electron chi connectivity index (χ2n) is 9.07. The summed E-state index contributed by atoms with van der Waals surface area (Å²) in [5, 5.41) is 10.9. The number of halogens is 1. The minimum Gasteiger partial charge on any atom is -0.493 e. The summed E-state index contributed by atoms with van der Waals surface area (Å²) in [5.41, 5.74) is 6.71. The Morgan fingerprint density at radius 1 is 1.06 bits per heavy atom. The van der Waals surface area contributed by atoms with E-state index in [4.69, 9.17) is 9.47 Å². The number of aliphatic hydroxyl groups excluding tert-OH is 1. The average molecular weight is 475 g/mol. The fraction of sp³-hybridized carbons (Fsp3) is 0.310.